The van der Waals surface area contributed by atoms with E-state index in [1.54, 1.807) is 0 Å². The molecule has 1 nitrogen and oxygen atoms in total. The third-order valence-electron chi connectivity index (χ3n) is 4.01. The maximum atomic E-state index is 4.57. The second kappa shape index (κ2) is 4.89. The smallest absolute Gasteiger partial charge is 0.00458 e. The monoisotopic (exact) mass is 213 g/mol. The highest BCUT2D eigenvalue weighted by molar-refractivity contribution is 7.80. The fourth-order valence-corrected chi connectivity index (χ4v) is 3.50. The van der Waals surface area contributed by atoms with E-state index in [4.69, 9.17) is 0 Å². The molecule has 0 unspecified atom stereocenters. The number of piperidine rings is 1. The molecule has 1 aliphatic carbocycles. The van der Waals surface area contributed by atoms with Gasteiger partial charge in [0.05, 0.1) is 0 Å². The summed E-state index contributed by atoms with van der Waals surface area (Å²) < 4.78 is 0. The predicted octanol–water partition coefficient (Wildman–Crippen LogP) is 2.96. The lowest BCUT2D eigenvalue weighted by Gasteiger charge is -2.36. The minimum Gasteiger partial charge on any atom is -0.303 e. The van der Waals surface area contributed by atoms with Gasteiger partial charge >= 0.3 is 0 Å². The molecule has 0 amide bonds. The maximum absolute atomic E-state index is 4.57. The van der Waals surface area contributed by atoms with Crippen molar-refractivity contribution in [2.45, 2.75) is 44.9 Å². The van der Waals surface area contributed by atoms with Gasteiger partial charge in [0.2, 0.25) is 0 Å². The minimum atomic E-state index is 0.584. The molecule has 0 aromatic heterocycles. The highest BCUT2D eigenvalue weighted by Crippen LogP contribution is 2.40. The van der Waals surface area contributed by atoms with Crippen LogP contribution < -0.4 is 0 Å². The van der Waals surface area contributed by atoms with Crippen LogP contribution in [0.25, 0.3) is 0 Å². The second-order valence-electron chi connectivity index (χ2n) is 5.20. The lowest BCUT2D eigenvalue weighted by atomic mass is 9.87. The summed E-state index contributed by atoms with van der Waals surface area (Å²) in [6, 6.07) is 0. The topological polar surface area (TPSA) is 3.24 Å². The number of rotatable bonds is 3. The van der Waals surface area contributed by atoms with Crippen molar-refractivity contribution in [3.05, 3.63) is 0 Å². The molecule has 2 heteroatoms. The van der Waals surface area contributed by atoms with Crippen molar-refractivity contribution in [1.82, 2.24) is 4.90 Å². The molecule has 0 aromatic rings. The number of nitrogens with zero attached hydrogens (tertiary/aromatic N) is 1. The first kappa shape index (κ1) is 10.8. The molecule has 1 saturated carbocycles. The molecule has 1 saturated heterocycles. The van der Waals surface area contributed by atoms with Crippen LogP contribution in [-0.2, 0) is 0 Å². The normalized spacial score (nSPS) is 28.1. The van der Waals surface area contributed by atoms with Gasteiger partial charge in [-0.15, -0.1) is 0 Å². The first-order valence-corrected chi connectivity index (χ1v) is 6.81. The maximum Gasteiger partial charge on any atom is 0.00458 e. The molecule has 2 rings (SSSR count). The Bertz CT molecular complexity index is 169. The van der Waals surface area contributed by atoms with E-state index < -0.39 is 0 Å². The summed E-state index contributed by atoms with van der Waals surface area (Å²) in [5, 5.41) is 0. The summed E-state index contributed by atoms with van der Waals surface area (Å²) in [5.74, 6) is 1.10. The number of hydrogen-bond acceptors (Lipinski definition) is 2. The van der Waals surface area contributed by atoms with Crippen molar-refractivity contribution in [1.29, 1.82) is 0 Å². The van der Waals surface area contributed by atoms with Crippen molar-refractivity contribution in [2.24, 2.45) is 5.41 Å². The van der Waals surface area contributed by atoms with Crippen molar-refractivity contribution in [3.63, 3.8) is 0 Å². The van der Waals surface area contributed by atoms with Gasteiger partial charge in [-0.25, -0.2) is 0 Å². The highest BCUT2D eigenvalue weighted by Gasteiger charge is 2.34. The van der Waals surface area contributed by atoms with E-state index in [1.165, 1.54) is 64.6 Å². The van der Waals surface area contributed by atoms with Crippen LogP contribution in [-0.4, -0.2) is 30.3 Å². The van der Waals surface area contributed by atoms with Gasteiger partial charge < -0.3 is 4.90 Å². The van der Waals surface area contributed by atoms with Crippen LogP contribution in [0.1, 0.15) is 44.9 Å². The molecule has 1 aliphatic heterocycles. The molecule has 0 atom stereocenters. The van der Waals surface area contributed by atoms with E-state index in [0.29, 0.717) is 5.41 Å². The lowest BCUT2D eigenvalue weighted by molar-refractivity contribution is 0.148. The summed E-state index contributed by atoms with van der Waals surface area (Å²) in [7, 11) is 0. The Kier molecular flexibility index (Phi) is 3.78. The van der Waals surface area contributed by atoms with Crippen molar-refractivity contribution >= 4 is 12.6 Å². The molecule has 14 heavy (non-hydrogen) atoms. The Balaban J connectivity index is 1.86. The molecule has 82 valence electrons. The van der Waals surface area contributed by atoms with Gasteiger partial charge in [0.25, 0.3) is 0 Å². The molecular weight excluding hydrogens is 190 g/mol. The molecule has 0 N–H and O–H groups in total. The van der Waals surface area contributed by atoms with E-state index in [0.717, 1.165) is 5.75 Å². The molecular formula is C12H23NS. The van der Waals surface area contributed by atoms with E-state index in [9.17, 15) is 0 Å². The quantitative estimate of drug-likeness (QED) is 0.705. The van der Waals surface area contributed by atoms with Crippen LogP contribution in [0.2, 0.25) is 0 Å². The second-order valence-corrected chi connectivity index (χ2v) is 5.52. The van der Waals surface area contributed by atoms with Crippen molar-refractivity contribution in [3.8, 4) is 0 Å². The molecule has 0 radical (unpaired) electrons. The fourth-order valence-electron chi connectivity index (χ4n) is 3.08. The molecule has 2 aliphatic rings. The average Bonchev–Trinajstić information content (AvgIpc) is 2.69. The Morgan fingerprint density at radius 1 is 0.929 bits per heavy atom. The molecule has 1 heterocycles. The zero-order chi connectivity index (χ0) is 9.86. The Morgan fingerprint density at radius 3 is 2.14 bits per heavy atom. The van der Waals surface area contributed by atoms with E-state index >= 15 is 0 Å². The zero-order valence-electron chi connectivity index (χ0n) is 9.17. The van der Waals surface area contributed by atoms with Crippen LogP contribution in [0, 0.1) is 5.41 Å². The van der Waals surface area contributed by atoms with Crippen molar-refractivity contribution < 1.29 is 0 Å². The summed E-state index contributed by atoms with van der Waals surface area (Å²) in [4.78, 5) is 2.69. The molecule has 0 aromatic carbocycles. The third-order valence-corrected chi connectivity index (χ3v) is 4.68. The number of hydrogen-bond donors (Lipinski definition) is 1. The van der Waals surface area contributed by atoms with Gasteiger partial charge in [-0.3, -0.25) is 0 Å². The van der Waals surface area contributed by atoms with Crippen molar-refractivity contribution in [2.75, 3.05) is 25.4 Å². The Hall–Kier alpha value is 0.310. The number of thiol groups is 1. The SMILES string of the molecule is SCC1(CN2CCCCC2)CCCC1. The van der Waals surface area contributed by atoms with E-state index in [-0.39, 0.29) is 0 Å². The van der Waals surface area contributed by atoms with Gasteiger partial charge in [0.1, 0.15) is 0 Å². The zero-order valence-corrected chi connectivity index (χ0v) is 10.1. The van der Waals surface area contributed by atoms with Gasteiger partial charge in [-0.2, -0.15) is 12.6 Å². The summed E-state index contributed by atoms with van der Waals surface area (Å²) in [6.45, 7) is 4.02. The first-order valence-electron chi connectivity index (χ1n) is 6.18. The fraction of sp³-hybridized carbons (Fsp3) is 1.00. The standard InChI is InChI=1S/C12H23NS/c14-11-12(6-2-3-7-12)10-13-8-4-1-5-9-13/h14H,1-11H2. The summed E-state index contributed by atoms with van der Waals surface area (Å²) in [6.07, 6.45) is 10.0. The van der Waals surface area contributed by atoms with Crippen LogP contribution >= 0.6 is 12.6 Å². The summed E-state index contributed by atoms with van der Waals surface area (Å²) >= 11 is 4.57. The van der Waals surface area contributed by atoms with Gasteiger partial charge in [0.15, 0.2) is 0 Å². The first-order chi connectivity index (χ1) is 6.85. The van der Waals surface area contributed by atoms with Crippen LogP contribution in [0.3, 0.4) is 0 Å². The average molecular weight is 213 g/mol. The predicted molar refractivity (Wildman–Crippen MR) is 65.0 cm³/mol. The summed E-state index contributed by atoms with van der Waals surface area (Å²) in [5.41, 5.74) is 0.584. The minimum absolute atomic E-state index is 0.584. The van der Waals surface area contributed by atoms with Gasteiger partial charge in [-0.05, 0) is 49.9 Å². The van der Waals surface area contributed by atoms with E-state index in [1.807, 2.05) is 0 Å². The van der Waals surface area contributed by atoms with Crippen LogP contribution in [0.4, 0.5) is 0 Å². The van der Waals surface area contributed by atoms with Gasteiger partial charge in [0, 0.05) is 6.54 Å². The number of likely N-dealkylation sites (tertiary alicyclic amines) is 1. The highest BCUT2D eigenvalue weighted by atomic mass is 32.1. The van der Waals surface area contributed by atoms with Gasteiger partial charge in [-0.1, -0.05) is 19.3 Å². The van der Waals surface area contributed by atoms with E-state index in [2.05, 4.69) is 17.5 Å². The Labute approximate surface area is 93.7 Å². The third kappa shape index (κ3) is 2.46. The molecule has 0 bridgehead atoms. The largest absolute Gasteiger partial charge is 0.303 e. The lowest BCUT2D eigenvalue weighted by Crippen LogP contribution is -2.40. The molecule has 0 spiro atoms. The van der Waals surface area contributed by atoms with Crippen LogP contribution in [0.5, 0.6) is 0 Å². The molecule has 2 fully saturated rings. The Morgan fingerprint density at radius 2 is 1.57 bits per heavy atom. The van der Waals surface area contributed by atoms with Crippen LogP contribution in [0.15, 0.2) is 0 Å².